The van der Waals surface area contributed by atoms with Crippen LogP contribution < -0.4 is 5.32 Å². The molecule has 1 aromatic carbocycles. The SMILES string of the molecule is Cc1cccc(NC(=O)CN(C)Cc2c(C)nn(CCO)c2C)c1C. The third kappa shape index (κ3) is 4.67. The van der Waals surface area contributed by atoms with Crippen molar-refractivity contribution < 1.29 is 9.90 Å². The fourth-order valence-electron chi connectivity index (χ4n) is 2.92. The predicted octanol–water partition coefficient (Wildman–Crippen LogP) is 2.18. The summed E-state index contributed by atoms with van der Waals surface area (Å²) in [4.78, 5) is 14.3. The van der Waals surface area contributed by atoms with Crippen LogP contribution >= 0.6 is 0 Å². The van der Waals surface area contributed by atoms with Crippen molar-refractivity contribution in [2.45, 2.75) is 40.8 Å². The fourth-order valence-corrected chi connectivity index (χ4v) is 2.92. The molecular weight excluding hydrogens is 316 g/mol. The van der Waals surface area contributed by atoms with E-state index in [1.54, 1.807) is 0 Å². The van der Waals surface area contributed by atoms with Gasteiger partial charge in [-0.3, -0.25) is 14.4 Å². The van der Waals surface area contributed by atoms with Crippen molar-refractivity contribution in [1.82, 2.24) is 14.7 Å². The highest BCUT2D eigenvalue weighted by Crippen LogP contribution is 2.18. The predicted molar refractivity (Wildman–Crippen MR) is 99.7 cm³/mol. The normalized spacial score (nSPS) is 11.2. The summed E-state index contributed by atoms with van der Waals surface area (Å²) < 4.78 is 1.81. The molecule has 0 saturated carbocycles. The highest BCUT2D eigenvalue weighted by atomic mass is 16.3. The lowest BCUT2D eigenvalue weighted by Crippen LogP contribution is -2.30. The Balaban J connectivity index is 1.99. The number of hydrogen-bond acceptors (Lipinski definition) is 4. The Morgan fingerprint density at radius 1 is 1.28 bits per heavy atom. The van der Waals surface area contributed by atoms with Crippen molar-refractivity contribution in [1.29, 1.82) is 0 Å². The molecular formula is C19H28N4O2. The summed E-state index contributed by atoms with van der Waals surface area (Å²) in [5.41, 5.74) is 6.20. The number of aliphatic hydroxyl groups is 1. The summed E-state index contributed by atoms with van der Waals surface area (Å²) >= 11 is 0. The molecule has 0 saturated heterocycles. The van der Waals surface area contributed by atoms with E-state index in [1.807, 2.05) is 62.5 Å². The number of aromatic nitrogens is 2. The second-order valence-electron chi connectivity index (χ2n) is 6.56. The molecule has 0 unspecified atom stereocenters. The number of aliphatic hydroxyl groups excluding tert-OH is 1. The molecule has 0 spiro atoms. The van der Waals surface area contributed by atoms with Crippen molar-refractivity contribution in [2.24, 2.45) is 0 Å². The van der Waals surface area contributed by atoms with Crippen molar-refractivity contribution >= 4 is 11.6 Å². The molecule has 25 heavy (non-hydrogen) atoms. The first kappa shape index (κ1) is 19.1. The van der Waals surface area contributed by atoms with Gasteiger partial charge in [-0.25, -0.2) is 0 Å². The smallest absolute Gasteiger partial charge is 0.238 e. The minimum Gasteiger partial charge on any atom is -0.394 e. The molecule has 0 fully saturated rings. The first-order chi connectivity index (χ1) is 11.8. The minimum atomic E-state index is -0.0331. The lowest BCUT2D eigenvalue weighted by molar-refractivity contribution is -0.117. The largest absolute Gasteiger partial charge is 0.394 e. The van der Waals surface area contributed by atoms with Crippen LogP contribution in [0.15, 0.2) is 18.2 Å². The number of aryl methyl sites for hydroxylation is 2. The third-order valence-corrected chi connectivity index (χ3v) is 4.56. The van der Waals surface area contributed by atoms with Crippen molar-refractivity contribution in [3.8, 4) is 0 Å². The zero-order valence-electron chi connectivity index (χ0n) is 15.8. The van der Waals surface area contributed by atoms with Crippen molar-refractivity contribution in [3.63, 3.8) is 0 Å². The summed E-state index contributed by atoms with van der Waals surface area (Å²) in [5, 5.41) is 16.5. The van der Waals surface area contributed by atoms with Crippen LogP contribution in [0, 0.1) is 27.7 Å². The highest BCUT2D eigenvalue weighted by Gasteiger charge is 2.15. The number of carbonyl (C=O) groups excluding carboxylic acids is 1. The zero-order valence-corrected chi connectivity index (χ0v) is 15.8. The topological polar surface area (TPSA) is 70.4 Å². The van der Waals surface area contributed by atoms with Gasteiger partial charge in [-0.2, -0.15) is 5.10 Å². The Labute approximate surface area is 149 Å². The molecule has 0 aliphatic heterocycles. The Bertz CT molecular complexity index is 752. The van der Waals surface area contributed by atoms with Gasteiger partial charge in [0.2, 0.25) is 5.91 Å². The van der Waals surface area contributed by atoms with Gasteiger partial charge in [0.1, 0.15) is 0 Å². The van der Waals surface area contributed by atoms with Gasteiger partial charge < -0.3 is 10.4 Å². The Kier molecular flexibility index (Phi) is 6.33. The Hall–Kier alpha value is -2.18. The van der Waals surface area contributed by atoms with Crippen LogP contribution in [0.2, 0.25) is 0 Å². The third-order valence-electron chi connectivity index (χ3n) is 4.56. The first-order valence-electron chi connectivity index (χ1n) is 8.51. The summed E-state index contributed by atoms with van der Waals surface area (Å²) in [6.07, 6.45) is 0. The Morgan fingerprint density at radius 2 is 2.00 bits per heavy atom. The number of nitrogens with zero attached hydrogens (tertiary/aromatic N) is 3. The quantitative estimate of drug-likeness (QED) is 0.808. The van der Waals surface area contributed by atoms with E-state index in [-0.39, 0.29) is 12.5 Å². The summed E-state index contributed by atoms with van der Waals surface area (Å²) in [5.74, 6) is -0.0331. The molecule has 1 aromatic heterocycles. The van der Waals surface area contributed by atoms with E-state index in [0.717, 1.165) is 33.8 Å². The zero-order chi connectivity index (χ0) is 18.6. The van der Waals surface area contributed by atoms with Crippen LogP contribution in [0.3, 0.4) is 0 Å². The molecule has 6 nitrogen and oxygen atoms in total. The summed E-state index contributed by atoms with van der Waals surface area (Å²) in [6.45, 7) is 9.50. The highest BCUT2D eigenvalue weighted by molar-refractivity contribution is 5.93. The van der Waals surface area contributed by atoms with Gasteiger partial charge >= 0.3 is 0 Å². The first-order valence-corrected chi connectivity index (χ1v) is 8.51. The monoisotopic (exact) mass is 344 g/mol. The van der Waals surface area contributed by atoms with Crippen LogP contribution in [-0.4, -0.2) is 45.9 Å². The number of rotatable bonds is 7. The lowest BCUT2D eigenvalue weighted by atomic mass is 10.1. The number of amides is 1. The van der Waals surface area contributed by atoms with Crippen molar-refractivity contribution in [2.75, 3.05) is 25.5 Å². The number of benzene rings is 1. The van der Waals surface area contributed by atoms with E-state index in [2.05, 4.69) is 10.4 Å². The maximum Gasteiger partial charge on any atom is 0.238 e. The second-order valence-corrected chi connectivity index (χ2v) is 6.56. The molecule has 2 N–H and O–H groups in total. The number of carbonyl (C=O) groups is 1. The molecule has 0 atom stereocenters. The van der Waals surface area contributed by atoms with E-state index >= 15 is 0 Å². The van der Waals surface area contributed by atoms with Gasteiger partial charge in [0.05, 0.1) is 25.4 Å². The van der Waals surface area contributed by atoms with E-state index in [1.165, 1.54) is 0 Å². The molecule has 0 aliphatic carbocycles. The van der Waals surface area contributed by atoms with Gasteiger partial charge in [0, 0.05) is 23.5 Å². The van der Waals surface area contributed by atoms with Crippen LogP contribution in [0.4, 0.5) is 5.69 Å². The lowest BCUT2D eigenvalue weighted by Gasteiger charge is -2.17. The number of anilines is 1. The van der Waals surface area contributed by atoms with Gasteiger partial charge in [0.15, 0.2) is 0 Å². The summed E-state index contributed by atoms with van der Waals surface area (Å²) in [6, 6.07) is 5.91. The molecule has 0 bridgehead atoms. The average molecular weight is 344 g/mol. The van der Waals surface area contributed by atoms with E-state index in [0.29, 0.717) is 19.6 Å². The number of likely N-dealkylation sites (N-methyl/N-ethyl adjacent to an activating group) is 1. The average Bonchev–Trinajstić information content (AvgIpc) is 2.80. The van der Waals surface area contributed by atoms with Crippen LogP contribution in [0.5, 0.6) is 0 Å². The van der Waals surface area contributed by atoms with Gasteiger partial charge in [-0.15, -0.1) is 0 Å². The fraction of sp³-hybridized carbons (Fsp3) is 0.474. The van der Waals surface area contributed by atoms with Crippen LogP contribution in [0.1, 0.15) is 28.1 Å². The van der Waals surface area contributed by atoms with Gasteiger partial charge in [0.25, 0.3) is 0 Å². The molecule has 0 radical (unpaired) electrons. The van der Waals surface area contributed by atoms with E-state index < -0.39 is 0 Å². The van der Waals surface area contributed by atoms with Crippen LogP contribution in [0.25, 0.3) is 0 Å². The van der Waals surface area contributed by atoms with Crippen molar-refractivity contribution in [3.05, 3.63) is 46.3 Å². The standard InChI is InChI=1S/C19H28N4O2/c1-13-7-6-8-18(14(13)2)20-19(25)12-22(5)11-17-15(3)21-23(9-10-24)16(17)4/h6-8,24H,9-12H2,1-5H3,(H,20,25). The maximum atomic E-state index is 12.3. The second kappa shape index (κ2) is 8.27. The molecule has 1 amide bonds. The molecule has 136 valence electrons. The van der Waals surface area contributed by atoms with Gasteiger partial charge in [-0.05, 0) is 51.9 Å². The van der Waals surface area contributed by atoms with E-state index in [9.17, 15) is 4.79 Å². The van der Waals surface area contributed by atoms with Crippen LogP contribution in [-0.2, 0) is 17.9 Å². The van der Waals surface area contributed by atoms with Gasteiger partial charge in [-0.1, -0.05) is 12.1 Å². The molecule has 2 rings (SSSR count). The van der Waals surface area contributed by atoms with E-state index in [4.69, 9.17) is 5.11 Å². The molecule has 6 heteroatoms. The number of nitrogens with one attached hydrogen (secondary N) is 1. The summed E-state index contributed by atoms with van der Waals surface area (Å²) in [7, 11) is 1.92. The molecule has 0 aliphatic rings. The maximum absolute atomic E-state index is 12.3. The number of hydrogen-bond donors (Lipinski definition) is 2. The molecule has 2 aromatic rings. The minimum absolute atomic E-state index is 0.0331. The molecule has 1 heterocycles. The Morgan fingerprint density at radius 3 is 2.68 bits per heavy atom.